The van der Waals surface area contributed by atoms with Gasteiger partial charge in [0.2, 0.25) is 22.8 Å². The Kier molecular flexibility index (Phi) is 13.5. The largest absolute Gasteiger partial charge is 0.212 e. The Balaban J connectivity index is 0.000000129. The fourth-order valence-electron chi connectivity index (χ4n) is 16.5. The molecule has 0 radical (unpaired) electrons. The van der Waals surface area contributed by atoms with Crippen LogP contribution >= 0.6 is 0 Å². The first kappa shape index (κ1) is 53.4. The minimum absolute atomic E-state index is 0.0500. The second-order valence-electron chi connectivity index (χ2n) is 30.1. The number of hydrogen-bond acceptors (Lipinski definition) is 0. The number of aromatic nitrogens is 4. The van der Waals surface area contributed by atoms with Gasteiger partial charge in [-0.3, -0.25) is 0 Å². The van der Waals surface area contributed by atoms with Gasteiger partial charge in [-0.05, 0) is 234 Å². The van der Waals surface area contributed by atoms with Gasteiger partial charge in [-0.2, -0.15) is 0 Å². The number of pyridine rings is 4. The maximum atomic E-state index is 7.78. The third-order valence-corrected chi connectivity index (χ3v) is 21.9. The molecular formula is C94H100N4+4. The second-order valence-corrected chi connectivity index (χ2v) is 30.1. The minimum atomic E-state index is -2.15. The molecule has 0 fully saturated rings. The van der Waals surface area contributed by atoms with E-state index in [4.69, 9.17) is 16.4 Å². The van der Waals surface area contributed by atoms with E-state index in [1.165, 1.54) is 106 Å². The van der Waals surface area contributed by atoms with Crippen LogP contribution in [0.3, 0.4) is 0 Å². The number of rotatable bonds is 4. The molecule has 4 nitrogen and oxygen atoms in total. The molecule has 0 spiro atoms. The van der Waals surface area contributed by atoms with Crippen molar-refractivity contribution in [3.63, 3.8) is 0 Å². The number of hydrogen-bond donors (Lipinski definition) is 0. The van der Waals surface area contributed by atoms with Crippen LogP contribution in [0.2, 0.25) is 0 Å². The van der Waals surface area contributed by atoms with Crippen LogP contribution in [0, 0.1) is 68.9 Å². The van der Waals surface area contributed by atoms with Gasteiger partial charge in [0.1, 0.15) is 28.2 Å². The maximum absolute atomic E-state index is 7.78. The van der Waals surface area contributed by atoms with Gasteiger partial charge in [0, 0.05) is 107 Å². The van der Waals surface area contributed by atoms with E-state index < -0.39 is 27.4 Å². The van der Waals surface area contributed by atoms with Crippen molar-refractivity contribution in [3.05, 3.63) is 307 Å². The van der Waals surface area contributed by atoms with Crippen LogP contribution in [-0.2, 0) is 49.9 Å². The van der Waals surface area contributed by atoms with Crippen molar-refractivity contribution in [2.75, 3.05) is 0 Å². The van der Waals surface area contributed by atoms with Gasteiger partial charge in [-0.1, -0.05) is 170 Å². The normalized spacial score (nSPS) is 16.7. The van der Waals surface area contributed by atoms with Crippen LogP contribution in [-0.4, -0.2) is 0 Å². The lowest BCUT2D eigenvalue weighted by molar-refractivity contribution is -0.660. The smallest absolute Gasteiger partial charge is 0.201 e. The van der Waals surface area contributed by atoms with Gasteiger partial charge in [-0.25, -0.2) is 18.3 Å². The molecule has 0 amide bonds. The summed E-state index contributed by atoms with van der Waals surface area (Å²) in [6.45, 7) is 22.5. The lowest BCUT2D eigenvalue weighted by Gasteiger charge is -2.22. The summed E-state index contributed by atoms with van der Waals surface area (Å²) in [7, 11) is 7.83. The van der Waals surface area contributed by atoms with Crippen LogP contribution in [0.15, 0.2) is 207 Å². The summed E-state index contributed by atoms with van der Waals surface area (Å²) >= 11 is 0. The van der Waals surface area contributed by atoms with Crippen LogP contribution in [0.25, 0.3) is 89.5 Å². The predicted octanol–water partition coefficient (Wildman–Crippen LogP) is 21.0. The molecule has 4 aliphatic carbocycles. The van der Waals surface area contributed by atoms with Crippen molar-refractivity contribution in [1.29, 1.82) is 0 Å². The van der Waals surface area contributed by atoms with E-state index in [1.54, 1.807) is 48.9 Å². The third-order valence-electron chi connectivity index (χ3n) is 21.9. The van der Waals surface area contributed by atoms with Crippen LogP contribution in [0.1, 0.15) is 172 Å². The Morgan fingerprint density at radius 2 is 0.531 bits per heavy atom. The summed E-state index contributed by atoms with van der Waals surface area (Å²) in [5.41, 5.74) is 38.0. The van der Waals surface area contributed by atoms with Crippen LogP contribution in [0.4, 0.5) is 0 Å². The predicted molar refractivity (Wildman–Crippen MR) is 410 cm³/mol. The molecule has 492 valence electrons. The quantitative estimate of drug-likeness (QED) is 0.156. The van der Waals surface area contributed by atoms with Crippen molar-refractivity contribution < 1.29 is 34.7 Å². The summed E-state index contributed by atoms with van der Waals surface area (Å²) in [5, 5.41) is 0. The van der Waals surface area contributed by atoms with E-state index in [9.17, 15) is 0 Å². The summed E-state index contributed by atoms with van der Waals surface area (Å²) in [6, 6.07) is 62.9. The first-order valence-corrected chi connectivity index (χ1v) is 34.3. The maximum Gasteiger partial charge on any atom is 0.212 e. The average Bonchev–Trinajstić information content (AvgIpc) is 1.59. The second kappa shape index (κ2) is 24.7. The molecule has 4 aromatic heterocycles. The summed E-state index contributed by atoms with van der Waals surface area (Å²) in [5.74, 6) is 0. The van der Waals surface area contributed by atoms with Crippen molar-refractivity contribution in [3.8, 4) is 89.5 Å². The zero-order chi connectivity index (χ0) is 80.0. The molecule has 4 heterocycles. The zero-order valence-electron chi connectivity index (χ0n) is 72.4. The Hall–Kier alpha value is -9.64. The molecule has 8 aromatic carbocycles. The number of benzene rings is 8. The molecular weight excluding hydrogens is 1190 g/mol. The first-order chi connectivity index (χ1) is 51.2. The number of aryl methyl sites for hydroxylation is 14. The summed E-state index contributed by atoms with van der Waals surface area (Å²) < 4.78 is 100. The average molecular weight is 1300 g/mol. The van der Waals surface area contributed by atoms with Crippen LogP contribution < -0.4 is 18.3 Å². The van der Waals surface area contributed by atoms with Crippen molar-refractivity contribution in [2.24, 2.45) is 28.2 Å². The lowest BCUT2D eigenvalue weighted by Crippen LogP contribution is -2.31. The molecule has 4 aliphatic rings. The molecule has 12 aromatic rings. The van der Waals surface area contributed by atoms with E-state index >= 15 is 0 Å². The lowest BCUT2D eigenvalue weighted by atomic mass is 9.81. The molecule has 0 bridgehead atoms. The molecule has 0 atom stereocenters. The highest BCUT2D eigenvalue weighted by Crippen LogP contribution is 2.55. The van der Waals surface area contributed by atoms with Crippen LogP contribution in [0.5, 0.6) is 0 Å². The van der Waals surface area contributed by atoms with Crippen molar-refractivity contribution >= 4 is 0 Å². The van der Waals surface area contributed by atoms with E-state index in [1.807, 2.05) is 66.0 Å². The van der Waals surface area contributed by atoms with Gasteiger partial charge in [0.15, 0.2) is 24.8 Å². The van der Waals surface area contributed by atoms with Gasteiger partial charge < -0.3 is 0 Å². The van der Waals surface area contributed by atoms with Gasteiger partial charge in [0.05, 0.1) is 0 Å². The highest BCUT2D eigenvalue weighted by atomic mass is 14.9. The Labute approximate surface area is 602 Å². The van der Waals surface area contributed by atoms with Gasteiger partial charge in [0.25, 0.3) is 0 Å². The molecule has 0 unspecified atom stereocenters. The van der Waals surface area contributed by atoms with Gasteiger partial charge >= 0.3 is 0 Å². The van der Waals surface area contributed by atoms with Crippen molar-refractivity contribution in [1.82, 2.24) is 0 Å². The van der Waals surface area contributed by atoms with E-state index in [-0.39, 0.29) is 21.7 Å². The molecule has 0 aliphatic heterocycles. The van der Waals surface area contributed by atoms with Gasteiger partial charge in [-0.15, -0.1) is 0 Å². The Bertz CT molecular complexity index is 5740. The molecule has 98 heavy (non-hydrogen) atoms. The zero-order valence-corrected chi connectivity index (χ0v) is 60.4. The first-order valence-electron chi connectivity index (χ1n) is 40.3. The Morgan fingerprint density at radius 3 is 0.918 bits per heavy atom. The molecule has 16 rings (SSSR count). The molecule has 4 heteroatoms. The SMILES string of the molecule is Cc1ccc(-c2cc3c(cc2C)-c2ccccc2C3(C)C)[n+](C)c1.[2H]C([2H])([2H])c1ccc(-c2cc3c(cc2C)-c2c(C)cccc2C3(C)C)[n+](C)c1.[2H]C([2H])([2H])c1ccc(-c2cc3c(cc2C)-c2ccccc2C3(C)C)[n+](C)c1.[2H]C([2H])([2H])c1ccc2c(c1)-c1cc(C)c(-c3ccc(C([2H])([2H])[2H])c[n+]3C)cc1C2(C)C. The molecule has 0 saturated carbocycles. The summed E-state index contributed by atoms with van der Waals surface area (Å²) in [6.07, 6.45) is 7.30. The minimum Gasteiger partial charge on any atom is -0.201 e. The molecule has 0 saturated heterocycles. The fourth-order valence-corrected chi connectivity index (χ4v) is 16.5. The summed E-state index contributed by atoms with van der Waals surface area (Å²) in [4.78, 5) is 0. The number of fused-ring (bicyclic) bond motifs is 12. The highest BCUT2D eigenvalue weighted by molar-refractivity contribution is 5.89. The topological polar surface area (TPSA) is 15.5 Å². The fraction of sp³-hybridized carbons (Fsp3) is 0.277. The highest BCUT2D eigenvalue weighted by Gasteiger charge is 2.41. The third kappa shape index (κ3) is 11.4. The molecule has 0 N–H and O–H groups in total. The monoisotopic (exact) mass is 1300 g/mol. The number of nitrogens with zero attached hydrogens (tertiary/aromatic N) is 4. The van der Waals surface area contributed by atoms with Crippen molar-refractivity contribution in [2.45, 2.75) is 146 Å². The standard InChI is InChI=1S/2C24H26N.2C23H24N/c1-15-7-9-21-19(11-15)20-12-17(3)18(13-22(20)24(21,4)5)23-10-8-16(2)14-25(23)6;1-15-10-11-22(25(6)14-15)18-13-21-19(12-17(18)3)23-16(2)8-7-9-20(23)24(21,4)5;2*1-15-10-11-22(24(5)14-15)18-13-21-19(12-16(18)2)17-8-6-7-9-20(17)23(21,3)4/h2*7-14H,1-6H3;2*6-14H,1-5H3/q4*+1/i1D3,2D3;2*1D3;. The van der Waals surface area contributed by atoms with E-state index in [0.29, 0.717) is 22.3 Å². The van der Waals surface area contributed by atoms with E-state index in [0.717, 1.165) is 61.6 Å². The van der Waals surface area contributed by atoms with E-state index in [2.05, 4.69) is 235 Å². The Morgan fingerprint density at radius 1 is 0.235 bits per heavy atom.